The van der Waals surface area contributed by atoms with Gasteiger partial charge in [-0.15, -0.1) is 10.1 Å². The fourth-order valence-electron chi connectivity index (χ4n) is 1.50. The Morgan fingerprint density at radius 1 is 1.69 bits per heavy atom. The van der Waals surface area contributed by atoms with Crippen molar-refractivity contribution in [2.24, 2.45) is 0 Å². The smallest absolute Gasteiger partial charge is 0.294 e. The normalized spacial score (nSPS) is 22.6. The fourth-order valence-corrected chi connectivity index (χ4v) is 1.50. The van der Waals surface area contributed by atoms with Crippen LogP contribution < -0.4 is 5.32 Å². The van der Waals surface area contributed by atoms with Crippen LogP contribution in [0.5, 0.6) is 0 Å². The Morgan fingerprint density at radius 2 is 2.54 bits per heavy atom. The van der Waals surface area contributed by atoms with Gasteiger partial charge in [-0.2, -0.15) is 0 Å². The molecule has 0 aromatic heterocycles. The van der Waals surface area contributed by atoms with Gasteiger partial charge in [0, 0.05) is 12.6 Å². The average molecular weight is 187 g/mol. The van der Waals surface area contributed by atoms with E-state index in [1.54, 1.807) is 0 Å². The van der Waals surface area contributed by atoms with Gasteiger partial charge in [0.15, 0.2) is 0 Å². The van der Waals surface area contributed by atoms with Crippen LogP contribution in [0.15, 0.2) is 0 Å². The standard InChI is InChI=1S/C8H15N2O3/c11-10(12)13-7-3-5-8-4-1-2-6-9-8/h6,8-9H,1-5,7H2. The Hall–Kier alpha value is -0.840. The van der Waals surface area contributed by atoms with Gasteiger partial charge in [-0.3, -0.25) is 0 Å². The van der Waals surface area contributed by atoms with Crippen molar-refractivity contribution in [2.45, 2.75) is 38.1 Å². The highest BCUT2D eigenvalue weighted by molar-refractivity contribution is 4.78. The van der Waals surface area contributed by atoms with Crippen LogP contribution in [0.2, 0.25) is 0 Å². The van der Waals surface area contributed by atoms with Gasteiger partial charge in [-0.25, -0.2) is 0 Å². The Labute approximate surface area is 77.6 Å². The van der Waals surface area contributed by atoms with Crippen LogP contribution in [0.25, 0.3) is 0 Å². The van der Waals surface area contributed by atoms with Crippen molar-refractivity contribution in [3.63, 3.8) is 0 Å². The van der Waals surface area contributed by atoms with Crippen molar-refractivity contribution in [1.29, 1.82) is 0 Å². The second-order valence-electron chi connectivity index (χ2n) is 3.20. The van der Waals surface area contributed by atoms with Gasteiger partial charge in [-0.1, -0.05) is 6.42 Å². The maximum Gasteiger partial charge on any atom is 0.294 e. The molecule has 13 heavy (non-hydrogen) atoms. The third-order valence-corrected chi connectivity index (χ3v) is 2.15. The van der Waals surface area contributed by atoms with Gasteiger partial charge in [0.2, 0.25) is 0 Å². The van der Waals surface area contributed by atoms with E-state index in [0.29, 0.717) is 6.04 Å². The number of hydrogen-bond donors (Lipinski definition) is 1. The molecule has 1 saturated heterocycles. The number of nitrogens with zero attached hydrogens (tertiary/aromatic N) is 1. The fraction of sp³-hybridized carbons (Fsp3) is 0.875. The number of nitrogens with one attached hydrogen (secondary N) is 1. The Morgan fingerprint density at radius 3 is 3.15 bits per heavy atom. The summed E-state index contributed by atoms with van der Waals surface area (Å²) in [5.41, 5.74) is 0. The lowest BCUT2D eigenvalue weighted by atomic mass is 10.0. The van der Waals surface area contributed by atoms with E-state index in [1.165, 1.54) is 6.42 Å². The highest BCUT2D eigenvalue weighted by Crippen LogP contribution is 2.13. The molecule has 0 aliphatic carbocycles. The summed E-state index contributed by atoms with van der Waals surface area (Å²) >= 11 is 0. The topological polar surface area (TPSA) is 64.4 Å². The number of piperidine rings is 1. The minimum Gasteiger partial charge on any atom is -0.314 e. The van der Waals surface area contributed by atoms with Gasteiger partial charge in [-0.05, 0) is 25.7 Å². The minimum atomic E-state index is -0.736. The maximum atomic E-state index is 9.81. The SMILES string of the molecule is O=[N+]([O-])OCCCC1CCC[CH]N1. The van der Waals surface area contributed by atoms with E-state index in [1.807, 2.05) is 0 Å². The van der Waals surface area contributed by atoms with E-state index < -0.39 is 5.09 Å². The lowest BCUT2D eigenvalue weighted by Gasteiger charge is -2.22. The quantitative estimate of drug-likeness (QED) is 0.400. The molecule has 0 saturated carbocycles. The summed E-state index contributed by atoms with van der Waals surface area (Å²) in [7, 11) is 0. The van der Waals surface area contributed by atoms with Crippen LogP contribution in [0.1, 0.15) is 32.1 Å². The molecule has 0 aromatic rings. The summed E-state index contributed by atoms with van der Waals surface area (Å²) in [4.78, 5) is 14.0. The average Bonchev–Trinajstić information content (AvgIpc) is 2.14. The summed E-state index contributed by atoms with van der Waals surface area (Å²) < 4.78 is 0. The zero-order chi connectivity index (χ0) is 9.52. The largest absolute Gasteiger partial charge is 0.314 e. The predicted molar refractivity (Wildman–Crippen MR) is 47.3 cm³/mol. The van der Waals surface area contributed by atoms with Crippen LogP contribution >= 0.6 is 0 Å². The molecule has 5 nitrogen and oxygen atoms in total. The molecule has 75 valence electrons. The van der Waals surface area contributed by atoms with Crippen LogP contribution in [0, 0.1) is 16.7 Å². The van der Waals surface area contributed by atoms with Crippen LogP contribution in [-0.4, -0.2) is 17.7 Å². The zero-order valence-electron chi connectivity index (χ0n) is 7.57. The first-order valence-corrected chi connectivity index (χ1v) is 4.64. The highest BCUT2D eigenvalue weighted by atomic mass is 16.9. The molecular weight excluding hydrogens is 172 g/mol. The summed E-state index contributed by atoms with van der Waals surface area (Å²) in [5.74, 6) is 0. The third kappa shape index (κ3) is 4.67. The third-order valence-electron chi connectivity index (χ3n) is 2.15. The molecule has 5 heteroatoms. The first-order chi connectivity index (χ1) is 6.29. The van der Waals surface area contributed by atoms with Crippen molar-refractivity contribution in [3.8, 4) is 0 Å². The summed E-state index contributed by atoms with van der Waals surface area (Å²) in [6.45, 7) is 2.29. The first kappa shape index (κ1) is 10.2. The van der Waals surface area contributed by atoms with E-state index in [-0.39, 0.29) is 6.61 Å². The second kappa shape index (κ2) is 5.75. The molecule has 0 bridgehead atoms. The zero-order valence-corrected chi connectivity index (χ0v) is 7.57. The van der Waals surface area contributed by atoms with Crippen molar-refractivity contribution in [1.82, 2.24) is 5.32 Å². The highest BCUT2D eigenvalue weighted by Gasteiger charge is 2.11. The van der Waals surface area contributed by atoms with Gasteiger partial charge in [0.1, 0.15) is 0 Å². The Bertz CT molecular complexity index is 157. The molecule has 0 aromatic carbocycles. The van der Waals surface area contributed by atoms with Gasteiger partial charge < -0.3 is 10.2 Å². The molecule has 1 unspecified atom stereocenters. The van der Waals surface area contributed by atoms with Gasteiger partial charge >= 0.3 is 0 Å². The van der Waals surface area contributed by atoms with E-state index >= 15 is 0 Å². The minimum absolute atomic E-state index is 0.213. The number of hydrogen-bond acceptors (Lipinski definition) is 4. The van der Waals surface area contributed by atoms with Crippen molar-refractivity contribution in [2.75, 3.05) is 6.61 Å². The van der Waals surface area contributed by atoms with E-state index in [2.05, 4.69) is 16.7 Å². The molecule has 1 aliphatic rings. The molecule has 1 rings (SSSR count). The predicted octanol–water partition coefficient (Wildman–Crippen LogP) is 1.28. The van der Waals surface area contributed by atoms with E-state index in [0.717, 1.165) is 25.7 Å². The summed E-state index contributed by atoms with van der Waals surface area (Å²) in [6.07, 6.45) is 5.20. The first-order valence-electron chi connectivity index (χ1n) is 4.64. The Balaban J connectivity index is 1.95. The molecule has 1 radical (unpaired) electrons. The molecule has 1 fully saturated rings. The molecule has 1 heterocycles. The van der Waals surface area contributed by atoms with Gasteiger partial charge in [0.05, 0.1) is 6.61 Å². The molecule has 0 spiro atoms. The molecule has 1 N–H and O–H groups in total. The summed E-state index contributed by atoms with van der Waals surface area (Å²) in [5, 5.41) is 12.3. The van der Waals surface area contributed by atoms with Crippen LogP contribution in [0.4, 0.5) is 0 Å². The lowest BCUT2D eigenvalue weighted by Crippen LogP contribution is -2.30. The van der Waals surface area contributed by atoms with Gasteiger partial charge in [0.25, 0.3) is 5.09 Å². The van der Waals surface area contributed by atoms with Crippen molar-refractivity contribution >= 4 is 0 Å². The van der Waals surface area contributed by atoms with E-state index in [9.17, 15) is 10.1 Å². The monoisotopic (exact) mass is 187 g/mol. The van der Waals surface area contributed by atoms with Crippen molar-refractivity contribution in [3.05, 3.63) is 16.7 Å². The van der Waals surface area contributed by atoms with Crippen molar-refractivity contribution < 1.29 is 9.92 Å². The van der Waals surface area contributed by atoms with Crippen LogP contribution in [0.3, 0.4) is 0 Å². The van der Waals surface area contributed by atoms with E-state index in [4.69, 9.17) is 0 Å². The second-order valence-corrected chi connectivity index (χ2v) is 3.20. The molecule has 1 atom stereocenters. The lowest BCUT2D eigenvalue weighted by molar-refractivity contribution is -0.757. The molecular formula is C8H15N2O3. The Kier molecular flexibility index (Phi) is 4.53. The maximum absolute atomic E-state index is 9.81. The summed E-state index contributed by atoms with van der Waals surface area (Å²) in [6, 6.07) is 0.490. The molecule has 0 amide bonds. The van der Waals surface area contributed by atoms with Crippen LogP contribution in [-0.2, 0) is 4.84 Å². The number of rotatable bonds is 5. The molecule has 1 aliphatic heterocycles.